The van der Waals surface area contributed by atoms with Gasteiger partial charge in [0.2, 0.25) is 0 Å². The lowest BCUT2D eigenvalue weighted by atomic mass is 9.70. The lowest BCUT2D eigenvalue weighted by Crippen LogP contribution is -2.25. The van der Waals surface area contributed by atoms with E-state index in [0.29, 0.717) is 11.3 Å². The Morgan fingerprint density at radius 1 is 1.08 bits per heavy atom. The molecule has 0 aromatic carbocycles. The highest BCUT2D eigenvalue weighted by Crippen LogP contribution is 2.39. The molecule has 0 nitrogen and oxygen atoms in total. The van der Waals surface area contributed by atoms with Gasteiger partial charge in [0.05, 0.1) is 0 Å². The third-order valence-electron chi connectivity index (χ3n) is 3.19. The smallest absolute Gasteiger partial charge is 0.0200 e. The molecule has 0 atom stereocenters. The Labute approximate surface area is 76.7 Å². The summed E-state index contributed by atoms with van der Waals surface area (Å²) in [6.45, 7) is 7.02. The van der Waals surface area contributed by atoms with E-state index in [1.807, 2.05) is 0 Å². The highest BCUT2D eigenvalue weighted by atomic mass is 14.3. The topological polar surface area (TPSA) is 0 Å². The van der Waals surface area contributed by atoms with Crippen molar-refractivity contribution in [1.82, 2.24) is 0 Å². The third kappa shape index (κ3) is 2.27. The highest BCUT2D eigenvalue weighted by Gasteiger charge is 2.28. The molecule has 0 saturated heterocycles. The van der Waals surface area contributed by atoms with Crippen molar-refractivity contribution in [1.29, 1.82) is 0 Å². The van der Waals surface area contributed by atoms with Crippen LogP contribution in [0.15, 0.2) is 0 Å². The number of rotatable bonds is 0. The molecule has 0 bridgehead atoms. The normalized spacial score (nSPS) is 31.2. The molecule has 0 aliphatic heterocycles. The molecule has 12 heavy (non-hydrogen) atoms. The molecule has 68 valence electrons. The highest BCUT2D eigenvalue weighted by molar-refractivity contribution is 4.96. The van der Waals surface area contributed by atoms with Gasteiger partial charge in [0.25, 0.3) is 0 Å². The minimum absolute atomic E-state index is 0.486. The zero-order valence-electron chi connectivity index (χ0n) is 8.56. The molecule has 0 spiro atoms. The van der Waals surface area contributed by atoms with Crippen LogP contribution in [-0.4, -0.2) is 0 Å². The summed E-state index contributed by atoms with van der Waals surface area (Å²) in [4.78, 5) is 0. The van der Waals surface area contributed by atoms with Gasteiger partial charge in [-0.25, -0.2) is 0 Å². The van der Waals surface area contributed by atoms with Crippen LogP contribution in [0.1, 0.15) is 46.5 Å². The van der Waals surface area contributed by atoms with E-state index < -0.39 is 0 Å². The van der Waals surface area contributed by atoms with Crippen LogP contribution in [0.5, 0.6) is 0 Å². The summed E-state index contributed by atoms with van der Waals surface area (Å²) in [5, 5.41) is 0. The number of hydrogen-bond acceptors (Lipinski definition) is 0. The second-order valence-corrected chi connectivity index (χ2v) is 5.08. The van der Waals surface area contributed by atoms with Crippen LogP contribution in [0.25, 0.3) is 0 Å². The van der Waals surface area contributed by atoms with Gasteiger partial charge in [-0.2, -0.15) is 0 Å². The SMILES string of the molecule is C#CC1CCC(C(C)(C)C)CC1. The van der Waals surface area contributed by atoms with Crippen molar-refractivity contribution >= 4 is 0 Å². The Morgan fingerprint density at radius 2 is 1.58 bits per heavy atom. The first-order valence-corrected chi connectivity index (χ1v) is 5.00. The standard InChI is InChI=1S/C12H20/c1-5-10-6-8-11(9-7-10)12(2,3)4/h1,10-11H,6-9H2,2-4H3. The maximum absolute atomic E-state index is 5.41. The first kappa shape index (κ1) is 9.65. The molecule has 0 unspecified atom stereocenters. The zero-order valence-corrected chi connectivity index (χ0v) is 8.56. The molecule has 0 radical (unpaired) electrons. The van der Waals surface area contributed by atoms with Crippen LogP contribution in [0.3, 0.4) is 0 Å². The first-order chi connectivity index (χ1) is 5.54. The van der Waals surface area contributed by atoms with Gasteiger partial charge >= 0.3 is 0 Å². The molecule has 0 aromatic rings. The van der Waals surface area contributed by atoms with Gasteiger partial charge in [0, 0.05) is 5.92 Å². The van der Waals surface area contributed by atoms with Crippen LogP contribution < -0.4 is 0 Å². The summed E-state index contributed by atoms with van der Waals surface area (Å²) in [6.07, 6.45) is 10.6. The molecule has 0 N–H and O–H groups in total. The third-order valence-corrected chi connectivity index (χ3v) is 3.19. The summed E-state index contributed by atoms with van der Waals surface area (Å²) in [5.74, 6) is 4.34. The van der Waals surface area contributed by atoms with Gasteiger partial charge in [0.15, 0.2) is 0 Å². The average molecular weight is 164 g/mol. The Morgan fingerprint density at radius 3 is 1.92 bits per heavy atom. The van der Waals surface area contributed by atoms with Crippen molar-refractivity contribution in [3.05, 3.63) is 0 Å². The number of terminal acetylenes is 1. The van der Waals surface area contributed by atoms with Gasteiger partial charge in [0.1, 0.15) is 0 Å². The molecule has 0 amide bonds. The van der Waals surface area contributed by atoms with Crippen molar-refractivity contribution in [2.24, 2.45) is 17.3 Å². The summed E-state index contributed by atoms with van der Waals surface area (Å²) in [5.41, 5.74) is 0.486. The average Bonchev–Trinajstić information content (AvgIpc) is 2.03. The largest absolute Gasteiger partial charge is 0.120 e. The van der Waals surface area contributed by atoms with E-state index in [9.17, 15) is 0 Å². The van der Waals surface area contributed by atoms with E-state index >= 15 is 0 Å². The fraction of sp³-hybridized carbons (Fsp3) is 0.833. The summed E-state index contributed by atoms with van der Waals surface area (Å²) < 4.78 is 0. The second-order valence-electron chi connectivity index (χ2n) is 5.08. The molecule has 0 heteroatoms. The van der Waals surface area contributed by atoms with Crippen LogP contribution in [0.2, 0.25) is 0 Å². The van der Waals surface area contributed by atoms with Crippen molar-refractivity contribution in [2.75, 3.05) is 0 Å². The molecule has 1 aliphatic rings. The fourth-order valence-electron chi connectivity index (χ4n) is 2.13. The van der Waals surface area contributed by atoms with Gasteiger partial charge in [-0.05, 0) is 37.0 Å². The van der Waals surface area contributed by atoms with E-state index in [1.54, 1.807) is 0 Å². The van der Waals surface area contributed by atoms with Crippen LogP contribution in [0, 0.1) is 29.6 Å². The summed E-state index contributed by atoms with van der Waals surface area (Å²) in [7, 11) is 0. The first-order valence-electron chi connectivity index (χ1n) is 5.00. The van der Waals surface area contributed by atoms with Gasteiger partial charge in [-0.3, -0.25) is 0 Å². The molecule has 0 aromatic heterocycles. The predicted octanol–water partition coefficient (Wildman–Crippen LogP) is 3.47. The monoisotopic (exact) mass is 164 g/mol. The Balaban J connectivity index is 2.42. The Bertz CT molecular complexity index is 169. The maximum atomic E-state index is 5.41. The van der Waals surface area contributed by atoms with E-state index in [2.05, 4.69) is 26.7 Å². The minimum atomic E-state index is 0.486. The van der Waals surface area contributed by atoms with Crippen molar-refractivity contribution in [2.45, 2.75) is 46.5 Å². The van der Waals surface area contributed by atoms with Crippen molar-refractivity contribution < 1.29 is 0 Å². The van der Waals surface area contributed by atoms with Crippen LogP contribution in [-0.2, 0) is 0 Å². The zero-order chi connectivity index (χ0) is 9.19. The minimum Gasteiger partial charge on any atom is -0.120 e. The molecular formula is C12H20. The molecule has 1 aliphatic carbocycles. The van der Waals surface area contributed by atoms with Gasteiger partial charge in [-0.15, -0.1) is 12.3 Å². The summed E-state index contributed by atoms with van der Waals surface area (Å²) in [6, 6.07) is 0. The maximum Gasteiger partial charge on any atom is 0.0200 e. The fourth-order valence-corrected chi connectivity index (χ4v) is 2.13. The lowest BCUT2D eigenvalue weighted by Gasteiger charge is -2.35. The van der Waals surface area contributed by atoms with E-state index in [4.69, 9.17) is 6.42 Å². The molecule has 1 rings (SSSR count). The number of hydrogen-bond donors (Lipinski definition) is 0. The predicted molar refractivity (Wildman–Crippen MR) is 53.7 cm³/mol. The quantitative estimate of drug-likeness (QED) is 0.481. The van der Waals surface area contributed by atoms with Crippen LogP contribution in [0.4, 0.5) is 0 Å². The van der Waals surface area contributed by atoms with Gasteiger partial charge < -0.3 is 0 Å². The molecule has 1 saturated carbocycles. The lowest BCUT2D eigenvalue weighted by molar-refractivity contribution is 0.165. The second kappa shape index (κ2) is 3.52. The van der Waals surface area contributed by atoms with E-state index in [-0.39, 0.29) is 0 Å². The van der Waals surface area contributed by atoms with E-state index in [0.717, 1.165) is 5.92 Å². The van der Waals surface area contributed by atoms with Crippen molar-refractivity contribution in [3.63, 3.8) is 0 Å². The molecule has 0 heterocycles. The van der Waals surface area contributed by atoms with Crippen LogP contribution >= 0.6 is 0 Å². The Kier molecular flexibility index (Phi) is 2.83. The van der Waals surface area contributed by atoms with E-state index in [1.165, 1.54) is 25.7 Å². The summed E-state index contributed by atoms with van der Waals surface area (Å²) >= 11 is 0. The van der Waals surface area contributed by atoms with Crippen molar-refractivity contribution in [3.8, 4) is 12.3 Å². The van der Waals surface area contributed by atoms with Gasteiger partial charge in [-0.1, -0.05) is 20.8 Å². The molecular weight excluding hydrogens is 144 g/mol. The molecule has 1 fully saturated rings. The Hall–Kier alpha value is -0.440.